The zero-order valence-electron chi connectivity index (χ0n) is 12.1. The second kappa shape index (κ2) is 11.8. The minimum absolute atomic E-state index is 0.132. The van der Waals surface area contributed by atoms with E-state index in [0.717, 1.165) is 18.9 Å². The van der Waals surface area contributed by atoms with Crippen molar-refractivity contribution in [1.29, 1.82) is 0 Å². The lowest BCUT2D eigenvalue weighted by Gasteiger charge is -2.04. The molecule has 0 radical (unpaired) electrons. The highest BCUT2D eigenvalue weighted by Gasteiger charge is 2.06. The van der Waals surface area contributed by atoms with Crippen LogP contribution in [0.4, 0.5) is 0 Å². The van der Waals surface area contributed by atoms with Crippen molar-refractivity contribution in [1.82, 2.24) is 0 Å². The summed E-state index contributed by atoms with van der Waals surface area (Å²) in [6.45, 7) is 4.03. The Morgan fingerprint density at radius 1 is 1.00 bits per heavy atom. The highest BCUT2D eigenvalue weighted by atomic mass is 16.5. The summed E-state index contributed by atoms with van der Waals surface area (Å²) in [5.41, 5.74) is 0.132. The molecule has 0 aromatic heterocycles. The molecule has 0 aliphatic rings. The number of hydrogen-bond donors (Lipinski definition) is 1. The Kier molecular flexibility index (Phi) is 10.9. The number of carbonyl (C=O) groups is 2. The average Bonchev–Trinajstić information content (AvgIpc) is 2.35. The van der Waals surface area contributed by atoms with Gasteiger partial charge in [-0.15, -0.1) is 0 Å². The van der Waals surface area contributed by atoms with Gasteiger partial charge in [-0.1, -0.05) is 51.9 Å². The van der Waals surface area contributed by atoms with Gasteiger partial charge in [0.25, 0.3) is 0 Å². The molecule has 4 nitrogen and oxygen atoms in total. The molecule has 1 N–H and O–H groups in total. The molecular formula is C15H26O4. The summed E-state index contributed by atoms with van der Waals surface area (Å²) in [5, 5.41) is 8.48. The zero-order chi connectivity index (χ0) is 14.5. The molecule has 0 saturated heterocycles. The van der Waals surface area contributed by atoms with E-state index in [0.29, 0.717) is 6.61 Å². The van der Waals surface area contributed by atoms with Crippen LogP contribution in [0.2, 0.25) is 0 Å². The molecule has 0 heterocycles. The minimum Gasteiger partial charge on any atom is -0.478 e. The normalized spacial score (nSPS) is 11.4. The third-order valence-electron chi connectivity index (χ3n) is 2.89. The van der Waals surface area contributed by atoms with E-state index in [2.05, 4.69) is 6.92 Å². The highest BCUT2D eigenvalue weighted by Crippen LogP contribution is 2.08. The van der Waals surface area contributed by atoms with Gasteiger partial charge in [0.15, 0.2) is 0 Å². The first-order valence-electron chi connectivity index (χ1n) is 7.16. The largest absolute Gasteiger partial charge is 0.478 e. The summed E-state index contributed by atoms with van der Waals surface area (Å²) in [7, 11) is 0. The Morgan fingerprint density at radius 2 is 1.53 bits per heavy atom. The van der Waals surface area contributed by atoms with E-state index in [1.54, 1.807) is 0 Å². The van der Waals surface area contributed by atoms with E-state index >= 15 is 0 Å². The second-order valence-corrected chi connectivity index (χ2v) is 4.78. The highest BCUT2D eigenvalue weighted by molar-refractivity contribution is 5.95. The summed E-state index contributed by atoms with van der Waals surface area (Å²) in [4.78, 5) is 21.7. The summed E-state index contributed by atoms with van der Waals surface area (Å²) in [5.74, 6) is -1.66. The Bertz CT molecular complexity index is 295. The van der Waals surface area contributed by atoms with Gasteiger partial charge in [0.2, 0.25) is 0 Å². The van der Waals surface area contributed by atoms with E-state index in [9.17, 15) is 9.59 Å². The molecule has 19 heavy (non-hydrogen) atoms. The summed E-state index contributed by atoms with van der Waals surface area (Å²) < 4.78 is 4.98. The molecule has 0 aromatic rings. The second-order valence-electron chi connectivity index (χ2n) is 4.78. The van der Waals surface area contributed by atoms with Crippen LogP contribution in [0.3, 0.4) is 0 Å². The van der Waals surface area contributed by atoms with Crippen molar-refractivity contribution in [3.05, 3.63) is 11.6 Å². The lowest BCUT2D eigenvalue weighted by Crippen LogP contribution is -2.08. The Balaban J connectivity index is 3.44. The van der Waals surface area contributed by atoms with Crippen molar-refractivity contribution >= 4 is 11.9 Å². The van der Waals surface area contributed by atoms with Crippen LogP contribution in [0.5, 0.6) is 0 Å². The molecular weight excluding hydrogens is 244 g/mol. The van der Waals surface area contributed by atoms with Crippen LogP contribution < -0.4 is 0 Å². The standard InChI is InChI=1S/C15H26O4/c1-3-4-5-6-7-8-9-10-11-19-15(18)13(2)12-14(16)17/h12H,3-11H2,1-2H3,(H,16,17)/b13-12+. The Morgan fingerprint density at radius 3 is 2.05 bits per heavy atom. The van der Waals surface area contributed by atoms with Crippen LogP contribution in [0.25, 0.3) is 0 Å². The van der Waals surface area contributed by atoms with Gasteiger partial charge in [0.1, 0.15) is 0 Å². The van der Waals surface area contributed by atoms with Crippen molar-refractivity contribution in [2.45, 2.75) is 65.2 Å². The monoisotopic (exact) mass is 270 g/mol. The maximum Gasteiger partial charge on any atom is 0.333 e. The lowest BCUT2D eigenvalue weighted by molar-refractivity contribution is -0.140. The fourth-order valence-corrected chi connectivity index (χ4v) is 1.76. The SMILES string of the molecule is CCCCCCCCCCOC(=O)/C(C)=C/C(=O)O. The molecule has 4 heteroatoms. The van der Waals surface area contributed by atoms with E-state index < -0.39 is 11.9 Å². The van der Waals surface area contributed by atoms with Crippen molar-refractivity contribution < 1.29 is 19.4 Å². The summed E-state index contributed by atoms with van der Waals surface area (Å²) >= 11 is 0. The van der Waals surface area contributed by atoms with Crippen molar-refractivity contribution in [3.63, 3.8) is 0 Å². The van der Waals surface area contributed by atoms with Crippen LogP contribution in [0.15, 0.2) is 11.6 Å². The molecule has 0 unspecified atom stereocenters. The third kappa shape index (κ3) is 11.5. The van der Waals surface area contributed by atoms with E-state index in [4.69, 9.17) is 9.84 Å². The number of unbranched alkanes of at least 4 members (excludes halogenated alkanes) is 7. The molecule has 0 aliphatic heterocycles. The molecule has 0 rings (SSSR count). The maximum atomic E-state index is 11.3. The van der Waals surface area contributed by atoms with Gasteiger partial charge in [-0.2, -0.15) is 0 Å². The molecule has 0 amide bonds. The fourth-order valence-electron chi connectivity index (χ4n) is 1.76. The summed E-state index contributed by atoms with van der Waals surface area (Å²) in [6.07, 6.45) is 10.4. The molecule has 0 aromatic carbocycles. The maximum absolute atomic E-state index is 11.3. The van der Waals surface area contributed by atoms with Gasteiger partial charge in [0.05, 0.1) is 6.61 Å². The number of aliphatic carboxylic acids is 1. The molecule has 0 saturated carbocycles. The molecule has 0 bridgehead atoms. The van der Waals surface area contributed by atoms with Crippen LogP contribution in [0, 0.1) is 0 Å². The van der Waals surface area contributed by atoms with Gasteiger partial charge in [-0.3, -0.25) is 0 Å². The van der Waals surface area contributed by atoms with Crippen molar-refractivity contribution in [2.24, 2.45) is 0 Å². The smallest absolute Gasteiger partial charge is 0.333 e. The number of carboxylic acid groups (broad SMARTS) is 1. The van der Waals surface area contributed by atoms with Crippen LogP contribution in [-0.4, -0.2) is 23.7 Å². The fraction of sp³-hybridized carbons (Fsp3) is 0.733. The quantitative estimate of drug-likeness (QED) is 0.353. The van der Waals surface area contributed by atoms with Gasteiger partial charge >= 0.3 is 11.9 Å². The van der Waals surface area contributed by atoms with Crippen LogP contribution in [0.1, 0.15) is 65.2 Å². The first-order valence-corrected chi connectivity index (χ1v) is 7.16. The van der Waals surface area contributed by atoms with Gasteiger partial charge < -0.3 is 9.84 Å². The van der Waals surface area contributed by atoms with E-state index in [1.807, 2.05) is 0 Å². The Labute approximate surface area is 115 Å². The van der Waals surface area contributed by atoms with Crippen molar-refractivity contribution in [3.8, 4) is 0 Å². The molecule has 0 atom stereocenters. The lowest BCUT2D eigenvalue weighted by atomic mass is 10.1. The third-order valence-corrected chi connectivity index (χ3v) is 2.89. The predicted molar refractivity (Wildman–Crippen MR) is 75.0 cm³/mol. The summed E-state index contributed by atoms with van der Waals surface area (Å²) in [6, 6.07) is 0. The van der Waals surface area contributed by atoms with Gasteiger partial charge in [0, 0.05) is 11.6 Å². The molecule has 0 fully saturated rings. The number of esters is 1. The molecule has 0 spiro atoms. The number of rotatable bonds is 11. The van der Waals surface area contributed by atoms with Gasteiger partial charge in [-0.25, -0.2) is 9.59 Å². The Hall–Kier alpha value is -1.32. The molecule has 110 valence electrons. The van der Waals surface area contributed by atoms with E-state index in [1.165, 1.54) is 45.4 Å². The predicted octanol–water partition coefficient (Wildman–Crippen LogP) is 3.70. The number of carbonyl (C=O) groups excluding carboxylic acids is 1. The van der Waals surface area contributed by atoms with Crippen LogP contribution in [-0.2, 0) is 14.3 Å². The first-order chi connectivity index (χ1) is 9.07. The van der Waals surface area contributed by atoms with Crippen molar-refractivity contribution in [2.75, 3.05) is 6.61 Å². The molecule has 0 aliphatic carbocycles. The number of carboxylic acids is 1. The zero-order valence-corrected chi connectivity index (χ0v) is 12.1. The minimum atomic E-state index is -1.12. The number of hydrogen-bond acceptors (Lipinski definition) is 3. The average molecular weight is 270 g/mol. The van der Waals surface area contributed by atoms with E-state index in [-0.39, 0.29) is 5.57 Å². The topological polar surface area (TPSA) is 63.6 Å². The first kappa shape index (κ1) is 17.7. The van der Waals surface area contributed by atoms with Crippen LogP contribution >= 0.6 is 0 Å². The number of ether oxygens (including phenoxy) is 1. The van der Waals surface area contributed by atoms with Gasteiger partial charge in [-0.05, 0) is 13.3 Å².